The summed E-state index contributed by atoms with van der Waals surface area (Å²) < 4.78 is 5.28. The number of hydrogen-bond acceptors (Lipinski definition) is 5. The molecule has 0 bridgehead atoms. The average molecular weight is 471 g/mol. The van der Waals surface area contributed by atoms with Gasteiger partial charge in [-0.05, 0) is 66.8 Å². The normalized spacial score (nSPS) is 13.8. The molecule has 0 saturated carbocycles. The molecule has 0 atom stereocenters. The van der Waals surface area contributed by atoms with Crippen LogP contribution < -0.4 is 10.2 Å². The lowest BCUT2D eigenvalue weighted by molar-refractivity contribution is 0.0746. The Bertz CT molecular complexity index is 1370. The molecule has 0 radical (unpaired) electrons. The van der Waals surface area contributed by atoms with Gasteiger partial charge in [-0.2, -0.15) is 4.37 Å². The fourth-order valence-corrected chi connectivity index (χ4v) is 5.15. The number of aromatic nitrogens is 1. The van der Waals surface area contributed by atoms with Crippen molar-refractivity contribution in [2.24, 2.45) is 0 Å². The van der Waals surface area contributed by atoms with Crippen molar-refractivity contribution in [1.82, 2.24) is 9.27 Å². The predicted molar refractivity (Wildman–Crippen MR) is 138 cm³/mol. The van der Waals surface area contributed by atoms with E-state index in [4.69, 9.17) is 0 Å². The predicted octanol–water partition coefficient (Wildman–Crippen LogP) is 5.13. The number of fused-ring (bicyclic) bond motifs is 1. The monoisotopic (exact) mass is 470 g/mol. The highest BCUT2D eigenvalue weighted by Gasteiger charge is 2.24. The van der Waals surface area contributed by atoms with Gasteiger partial charge in [0.2, 0.25) is 0 Å². The number of piperazine rings is 1. The zero-order valence-electron chi connectivity index (χ0n) is 19.2. The van der Waals surface area contributed by atoms with Crippen LogP contribution in [0.4, 0.5) is 11.4 Å². The quantitative estimate of drug-likeness (QED) is 0.449. The summed E-state index contributed by atoms with van der Waals surface area (Å²) in [7, 11) is 0. The van der Waals surface area contributed by atoms with E-state index in [0.29, 0.717) is 30.0 Å². The van der Waals surface area contributed by atoms with Crippen molar-refractivity contribution < 1.29 is 9.59 Å². The van der Waals surface area contributed by atoms with Crippen LogP contribution in [0.1, 0.15) is 32.0 Å². The van der Waals surface area contributed by atoms with Crippen molar-refractivity contribution in [3.63, 3.8) is 0 Å². The third kappa shape index (κ3) is 4.26. The first-order valence-corrected chi connectivity index (χ1v) is 12.1. The Balaban J connectivity index is 1.26. The van der Waals surface area contributed by atoms with Crippen LogP contribution in [0.25, 0.3) is 10.1 Å². The number of carbonyl (C=O) groups excluding carboxylic acids is 2. The van der Waals surface area contributed by atoms with Crippen molar-refractivity contribution in [2.75, 3.05) is 36.4 Å². The fraction of sp³-hybridized carbons (Fsp3) is 0.222. The highest BCUT2D eigenvalue weighted by molar-refractivity contribution is 7.13. The van der Waals surface area contributed by atoms with Crippen molar-refractivity contribution in [3.05, 3.63) is 89.1 Å². The summed E-state index contributed by atoms with van der Waals surface area (Å²) in [4.78, 5) is 30.2. The van der Waals surface area contributed by atoms with Crippen LogP contribution in [0, 0.1) is 13.8 Å². The first-order valence-electron chi connectivity index (χ1n) is 11.4. The molecule has 0 spiro atoms. The van der Waals surface area contributed by atoms with Gasteiger partial charge in [0.05, 0.1) is 4.70 Å². The summed E-state index contributed by atoms with van der Waals surface area (Å²) in [5, 5.41) is 3.73. The van der Waals surface area contributed by atoms with Crippen LogP contribution >= 0.6 is 11.5 Å². The molecule has 0 unspecified atom stereocenters. The second kappa shape index (κ2) is 9.27. The molecular formula is C27H26N4O2S. The molecule has 1 aliphatic rings. The van der Waals surface area contributed by atoms with Gasteiger partial charge in [0.15, 0.2) is 0 Å². The van der Waals surface area contributed by atoms with E-state index in [2.05, 4.69) is 46.6 Å². The van der Waals surface area contributed by atoms with Crippen LogP contribution in [0.2, 0.25) is 0 Å². The molecule has 2 amide bonds. The summed E-state index contributed by atoms with van der Waals surface area (Å²) >= 11 is 1.30. The van der Waals surface area contributed by atoms with Crippen LogP contribution in [0.5, 0.6) is 0 Å². The molecule has 172 valence electrons. The molecule has 4 aromatic rings. The minimum atomic E-state index is -0.274. The fourth-order valence-electron chi connectivity index (χ4n) is 4.38. The zero-order chi connectivity index (χ0) is 23.7. The number of benzene rings is 3. The van der Waals surface area contributed by atoms with Gasteiger partial charge < -0.3 is 15.1 Å². The third-order valence-corrected chi connectivity index (χ3v) is 7.27. The van der Waals surface area contributed by atoms with E-state index in [-0.39, 0.29) is 11.8 Å². The lowest BCUT2D eigenvalue weighted by Gasteiger charge is -2.37. The van der Waals surface area contributed by atoms with Crippen molar-refractivity contribution in [1.29, 1.82) is 0 Å². The van der Waals surface area contributed by atoms with Crippen molar-refractivity contribution in [2.45, 2.75) is 13.8 Å². The second-order valence-corrected chi connectivity index (χ2v) is 9.37. The Morgan fingerprint density at radius 2 is 1.68 bits per heavy atom. The van der Waals surface area contributed by atoms with Gasteiger partial charge in [0, 0.05) is 48.5 Å². The molecule has 1 saturated heterocycles. The van der Waals surface area contributed by atoms with E-state index < -0.39 is 0 Å². The first kappa shape index (κ1) is 22.1. The average Bonchev–Trinajstić information content (AvgIpc) is 3.30. The minimum Gasteiger partial charge on any atom is -0.368 e. The van der Waals surface area contributed by atoms with Gasteiger partial charge in [0.25, 0.3) is 11.8 Å². The molecule has 6 nitrogen and oxygen atoms in total. The largest absolute Gasteiger partial charge is 0.368 e. The molecule has 1 fully saturated rings. The maximum atomic E-state index is 13.2. The SMILES string of the molecule is Cc1cccc(N2CCN(C(=O)c3cccc(NC(=O)c4nsc5ccccc45)c3)CC2)c1C. The van der Waals surface area contributed by atoms with E-state index in [1.165, 1.54) is 28.3 Å². The maximum Gasteiger partial charge on any atom is 0.276 e. The summed E-state index contributed by atoms with van der Waals surface area (Å²) in [5.41, 5.74) is 5.37. The Hall–Kier alpha value is -3.71. The maximum absolute atomic E-state index is 13.2. The summed E-state index contributed by atoms with van der Waals surface area (Å²) in [6.45, 7) is 7.19. The number of nitrogens with zero attached hydrogens (tertiary/aromatic N) is 3. The van der Waals surface area contributed by atoms with E-state index >= 15 is 0 Å². The van der Waals surface area contributed by atoms with Gasteiger partial charge in [-0.1, -0.05) is 36.4 Å². The van der Waals surface area contributed by atoms with Crippen LogP contribution in [0.3, 0.4) is 0 Å². The van der Waals surface area contributed by atoms with Gasteiger partial charge in [-0.25, -0.2) is 0 Å². The molecule has 0 aliphatic carbocycles. The lowest BCUT2D eigenvalue weighted by Crippen LogP contribution is -2.49. The van der Waals surface area contributed by atoms with Gasteiger partial charge >= 0.3 is 0 Å². The Labute approximate surface area is 203 Å². The second-order valence-electron chi connectivity index (χ2n) is 8.56. The smallest absolute Gasteiger partial charge is 0.276 e. The van der Waals surface area contributed by atoms with Crippen molar-refractivity contribution >= 4 is 44.8 Å². The number of rotatable bonds is 4. The minimum absolute atomic E-state index is 0.0178. The number of amides is 2. The Kier molecular flexibility index (Phi) is 6.02. The molecular weight excluding hydrogens is 444 g/mol. The molecule has 3 aromatic carbocycles. The number of anilines is 2. The van der Waals surface area contributed by atoms with Gasteiger partial charge in [0.1, 0.15) is 5.69 Å². The van der Waals surface area contributed by atoms with E-state index in [1.54, 1.807) is 24.3 Å². The Morgan fingerprint density at radius 1 is 0.912 bits per heavy atom. The van der Waals surface area contributed by atoms with Crippen molar-refractivity contribution in [3.8, 4) is 0 Å². The van der Waals surface area contributed by atoms with Gasteiger partial charge in [-0.3, -0.25) is 9.59 Å². The summed E-state index contributed by atoms with van der Waals surface area (Å²) in [6, 6.07) is 21.2. The number of hydrogen-bond donors (Lipinski definition) is 1. The standard InChI is InChI=1S/C27H26N4O2S/c1-18-7-5-11-23(19(18)2)30-13-15-31(16-14-30)27(33)20-8-6-9-21(17-20)28-26(32)25-22-10-3-4-12-24(22)34-29-25/h3-12,17H,13-16H2,1-2H3,(H,28,32). The number of aryl methyl sites for hydroxylation is 1. The van der Waals surface area contributed by atoms with Crippen LogP contribution in [-0.2, 0) is 0 Å². The molecule has 1 aromatic heterocycles. The Morgan fingerprint density at radius 3 is 2.50 bits per heavy atom. The van der Waals surface area contributed by atoms with Crippen LogP contribution in [-0.4, -0.2) is 47.3 Å². The summed E-state index contributed by atoms with van der Waals surface area (Å²) in [6.07, 6.45) is 0. The van der Waals surface area contributed by atoms with E-state index in [9.17, 15) is 9.59 Å². The number of nitrogens with one attached hydrogen (secondary N) is 1. The van der Waals surface area contributed by atoms with E-state index in [0.717, 1.165) is 23.2 Å². The molecule has 34 heavy (non-hydrogen) atoms. The molecule has 5 rings (SSSR count). The molecule has 2 heterocycles. The summed E-state index contributed by atoms with van der Waals surface area (Å²) in [5.74, 6) is -0.292. The van der Waals surface area contributed by atoms with Gasteiger partial charge in [-0.15, -0.1) is 0 Å². The first-order chi connectivity index (χ1) is 16.5. The molecule has 7 heteroatoms. The molecule has 1 aliphatic heterocycles. The van der Waals surface area contributed by atoms with Crippen LogP contribution in [0.15, 0.2) is 66.7 Å². The van der Waals surface area contributed by atoms with E-state index in [1.807, 2.05) is 29.2 Å². The molecule has 1 N–H and O–H groups in total. The lowest BCUT2D eigenvalue weighted by atomic mass is 10.1. The highest BCUT2D eigenvalue weighted by atomic mass is 32.1. The topological polar surface area (TPSA) is 65.5 Å². The number of carbonyl (C=O) groups is 2. The third-order valence-electron chi connectivity index (χ3n) is 6.44. The highest BCUT2D eigenvalue weighted by Crippen LogP contribution is 2.25. The zero-order valence-corrected chi connectivity index (χ0v) is 20.1.